The van der Waals surface area contributed by atoms with E-state index in [0.717, 1.165) is 11.1 Å². The average molecular weight is 308 g/mol. The molecule has 2 aromatic rings. The number of sulfonamides is 1. The molecule has 3 N–H and O–H groups in total. The molecule has 4 nitrogen and oxygen atoms in total. The van der Waals surface area contributed by atoms with Gasteiger partial charge in [0.15, 0.2) is 0 Å². The molecule has 0 amide bonds. The first kappa shape index (κ1) is 15.5. The highest BCUT2D eigenvalue weighted by atomic mass is 32.2. The maximum atomic E-state index is 13.6. The second-order valence-corrected chi connectivity index (χ2v) is 6.45. The number of nitrogens with one attached hydrogen (secondary N) is 1. The standard InChI is InChI=1S/C15H17FN2O2S/c1-11-2-7-14(16)15(10-11)18-21(19,20)13-5-3-12(4-6-13)8-9-17/h2-7,10,18H,8-9,17H2,1H3. The molecule has 0 aromatic heterocycles. The van der Waals surface area contributed by atoms with Gasteiger partial charge in [-0.25, -0.2) is 12.8 Å². The van der Waals surface area contributed by atoms with Gasteiger partial charge in [0.25, 0.3) is 10.0 Å². The lowest BCUT2D eigenvalue weighted by atomic mass is 10.2. The third-order valence-corrected chi connectivity index (χ3v) is 4.41. The number of nitrogens with two attached hydrogens (primary N) is 1. The normalized spacial score (nSPS) is 11.4. The van der Waals surface area contributed by atoms with Crippen molar-refractivity contribution in [2.45, 2.75) is 18.2 Å². The van der Waals surface area contributed by atoms with E-state index in [1.807, 2.05) is 0 Å². The molecule has 0 bridgehead atoms. The lowest BCUT2D eigenvalue weighted by Gasteiger charge is -2.10. The van der Waals surface area contributed by atoms with E-state index in [1.165, 1.54) is 24.3 Å². The summed E-state index contributed by atoms with van der Waals surface area (Å²) in [5, 5.41) is 0. The predicted molar refractivity (Wildman–Crippen MR) is 81.1 cm³/mol. The van der Waals surface area contributed by atoms with Gasteiger partial charge in [-0.2, -0.15) is 0 Å². The summed E-state index contributed by atoms with van der Waals surface area (Å²) in [7, 11) is -3.81. The molecule has 21 heavy (non-hydrogen) atoms. The number of benzene rings is 2. The fourth-order valence-electron chi connectivity index (χ4n) is 1.92. The molecule has 0 aliphatic carbocycles. The van der Waals surface area contributed by atoms with Crippen molar-refractivity contribution in [2.75, 3.05) is 11.3 Å². The van der Waals surface area contributed by atoms with E-state index in [-0.39, 0.29) is 10.6 Å². The smallest absolute Gasteiger partial charge is 0.261 e. The summed E-state index contributed by atoms with van der Waals surface area (Å²) in [6.45, 7) is 2.26. The van der Waals surface area contributed by atoms with Gasteiger partial charge in [-0.15, -0.1) is 0 Å². The molecule has 112 valence electrons. The Kier molecular flexibility index (Phi) is 4.59. The number of halogens is 1. The third-order valence-electron chi connectivity index (χ3n) is 3.03. The predicted octanol–water partition coefficient (Wildman–Crippen LogP) is 2.44. The fraction of sp³-hybridized carbons (Fsp3) is 0.200. The molecule has 0 heterocycles. The van der Waals surface area contributed by atoms with Crippen LogP contribution in [0, 0.1) is 12.7 Å². The zero-order valence-electron chi connectivity index (χ0n) is 11.6. The summed E-state index contributed by atoms with van der Waals surface area (Å²) >= 11 is 0. The Morgan fingerprint density at radius 3 is 2.43 bits per heavy atom. The Labute approximate surface area is 123 Å². The fourth-order valence-corrected chi connectivity index (χ4v) is 2.98. The van der Waals surface area contributed by atoms with Crippen LogP contribution in [0.4, 0.5) is 10.1 Å². The number of hydrogen-bond donors (Lipinski definition) is 2. The van der Waals surface area contributed by atoms with Crippen molar-refractivity contribution in [2.24, 2.45) is 5.73 Å². The van der Waals surface area contributed by atoms with Gasteiger partial charge in [-0.1, -0.05) is 18.2 Å². The molecule has 2 aromatic carbocycles. The Bertz CT molecular complexity index is 728. The summed E-state index contributed by atoms with van der Waals surface area (Å²) in [5.41, 5.74) is 7.12. The number of hydrogen-bond acceptors (Lipinski definition) is 3. The topological polar surface area (TPSA) is 72.2 Å². The first-order valence-corrected chi connectivity index (χ1v) is 7.98. The van der Waals surface area contributed by atoms with Crippen molar-refractivity contribution in [3.05, 3.63) is 59.4 Å². The molecule has 2 rings (SSSR count). The highest BCUT2D eigenvalue weighted by molar-refractivity contribution is 7.92. The largest absolute Gasteiger partial charge is 0.330 e. The highest BCUT2D eigenvalue weighted by Gasteiger charge is 2.16. The van der Waals surface area contributed by atoms with E-state index in [1.54, 1.807) is 25.1 Å². The van der Waals surface area contributed by atoms with Crippen LogP contribution in [0.25, 0.3) is 0 Å². The second-order valence-electron chi connectivity index (χ2n) is 4.77. The van der Waals surface area contributed by atoms with Crippen LogP contribution in [0.3, 0.4) is 0 Å². The molecule has 0 unspecified atom stereocenters. The van der Waals surface area contributed by atoms with Gasteiger partial charge < -0.3 is 5.73 Å². The zero-order chi connectivity index (χ0) is 15.5. The lowest BCUT2D eigenvalue weighted by Crippen LogP contribution is -2.14. The minimum Gasteiger partial charge on any atom is -0.330 e. The van der Waals surface area contributed by atoms with Crippen molar-refractivity contribution in [1.82, 2.24) is 0 Å². The summed E-state index contributed by atoms with van der Waals surface area (Å²) in [6.07, 6.45) is 0.681. The van der Waals surface area contributed by atoms with Crippen LogP contribution in [0.15, 0.2) is 47.4 Å². The van der Waals surface area contributed by atoms with Crippen molar-refractivity contribution in [1.29, 1.82) is 0 Å². The van der Waals surface area contributed by atoms with Gasteiger partial charge in [0.1, 0.15) is 5.82 Å². The maximum absolute atomic E-state index is 13.6. The van der Waals surface area contributed by atoms with Crippen LogP contribution < -0.4 is 10.5 Å². The van der Waals surface area contributed by atoms with E-state index >= 15 is 0 Å². The van der Waals surface area contributed by atoms with Gasteiger partial charge in [-0.05, 0) is 55.3 Å². The molecule has 6 heteroatoms. The van der Waals surface area contributed by atoms with Gasteiger partial charge in [0.05, 0.1) is 10.6 Å². The van der Waals surface area contributed by atoms with E-state index < -0.39 is 15.8 Å². The van der Waals surface area contributed by atoms with Crippen molar-refractivity contribution in [3.8, 4) is 0 Å². The summed E-state index contributed by atoms with van der Waals surface area (Å²) < 4.78 is 40.4. The van der Waals surface area contributed by atoms with Crippen LogP contribution in [0.1, 0.15) is 11.1 Å². The van der Waals surface area contributed by atoms with E-state index in [2.05, 4.69) is 4.72 Å². The van der Waals surface area contributed by atoms with Gasteiger partial charge in [0, 0.05) is 0 Å². The van der Waals surface area contributed by atoms with Crippen LogP contribution in [-0.2, 0) is 16.4 Å². The quantitative estimate of drug-likeness (QED) is 0.891. The van der Waals surface area contributed by atoms with Crippen LogP contribution in [-0.4, -0.2) is 15.0 Å². The molecule has 0 radical (unpaired) electrons. The Balaban J connectivity index is 2.27. The number of anilines is 1. The average Bonchev–Trinajstić information content (AvgIpc) is 2.44. The zero-order valence-corrected chi connectivity index (χ0v) is 12.5. The van der Waals surface area contributed by atoms with Crippen LogP contribution in [0.2, 0.25) is 0 Å². The van der Waals surface area contributed by atoms with E-state index in [9.17, 15) is 12.8 Å². The molecule has 0 atom stereocenters. The molecule has 0 saturated carbocycles. The second kappa shape index (κ2) is 6.24. The van der Waals surface area contributed by atoms with Crippen molar-refractivity contribution in [3.63, 3.8) is 0 Å². The van der Waals surface area contributed by atoms with Crippen molar-refractivity contribution < 1.29 is 12.8 Å². The summed E-state index contributed by atoms with van der Waals surface area (Å²) in [4.78, 5) is 0.0872. The molecule has 0 aliphatic rings. The number of rotatable bonds is 5. The minimum absolute atomic E-state index is 0.0546. The van der Waals surface area contributed by atoms with Gasteiger partial charge in [0.2, 0.25) is 0 Å². The molecular formula is C15H17FN2O2S. The Morgan fingerprint density at radius 1 is 1.14 bits per heavy atom. The van der Waals surface area contributed by atoms with Crippen molar-refractivity contribution >= 4 is 15.7 Å². The highest BCUT2D eigenvalue weighted by Crippen LogP contribution is 2.20. The molecule has 0 fully saturated rings. The third kappa shape index (κ3) is 3.80. The molecule has 0 spiro atoms. The monoisotopic (exact) mass is 308 g/mol. The summed E-state index contributed by atoms with van der Waals surface area (Å²) in [6, 6.07) is 10.6. The number of aryl methyl sites for hydroxylation is 1. The van der Waals surface area contributed by atoms with Gasteiger partial charge in [-0.3, -0.25) is 4.72 Å². The first-order valence-electron chi connectivity index (χ1n) is 6.50. The van der Waals surface area contributed by atoms with Crippen LogP contribution >= 0.6 is 0 Å². The molecule has 0 aliphatic heterocycles. The van der Waals surface area contributed by atoms with E-state index in [0.29, 0.717) is 13.0 Å². The Hall–Kier alpha value is -1.92. The van der Waals surface area contributed by atoms with E-state index in [4.69, 9.17) is 5.73 Å². The first-order chi connectivity index (χ1) is 9.92. The summed E-state index contributed by atoms with van der Waals surface area (Å²) in [5.74, 6) is -0.607. The molecule has 0 saturated heterocycles. The lowest BCUT2D eigenvalue weighted by molar-refractivity contribution is 0.598. The van der Waals surface area contributed by atoms with Gasteiger partial charge >= 0.3 is 0 Å². The SMILES string of the molecule is Cc1ccc(F)c(NS(=O)(=O)c2ccc(CCN)cc2)c1. The Morgan fingerprint density at radius 2 is 1.81 bits per heavy atom. The van der Waals surface area contributed by atoms with Crippen LogP contribution in [0.5, 0.6) is 0 Å². The molecular weight excluding hydrogens is 291 g/mol. The maximum Gasteiger partial charge on any atom is 0.261 e. The minimum atomic E-state index is -3.81.